The number of rotatable bonds is 7. The first-order valence-corrected chi connectivity index (χ1v) is 8.42. The molecule has 0 unspecified atom stereocenters. The van der Waals surface area contributed by atoms with Gasteiger partial charge in [0.05, 0.1) is 11.5 Å². The number of benzene rings is 1. The maximum Gasteiger partial charge on any atom is 0.241 e. The van der Waals surface area contributed by atoms with Gasteiger partial charge in [-0.25, -0.2) is 13.1 Å². The number of aliphatic hydroxyl groups excluding tert-OH is 1. The molecule has 0 amide bonds. The molecule has 0 fully saturated rings. The van der Waals surface area contributed by atoms with Gasteiger partial charge in [-0.2, -0.15) is 0 Å². The first-order chi connectivity index (χ1) is 9.39. The van der Waals surface area contributed by atoms with Crippen molar-refractivity contribution in [2.24, 2.45) is 0 Å². The molecule has 0 radical (unpaired) electrons. The molecular formula is C14H24N2O3S. The van der Waals surface area contributed by atoms with E-state index in [9.17, 15) is 8.42 Å². The van der Waals surface area contributed by atoms with Crippen LogP contribution in [0.5, 0.6) is 0 Å². The molecule has 5 nitrogen and oxygen atoms in total. The van der Waals surface area contributed by atoms with E-state index >= 15 is 0 Å². The molecule has 0 aliphatic carbocycles. The summed E-state index contributed by atoms with van der Waals surface area (Å²) in [7, 11) is -3.67. The summed E-state index contributed by atoms with van der Waals surface area (Å²) in [6, 6.07) is 3.01. The zero-order chi connectivity index (χ0) is 15.3. The van der Waals surface area contributed by atoms with E-state index in [-0.39, 0.29) is 11.5 Å². The Morgan fingerprint density at radius 1 is 1.25 bits per heavy atom. The average Bonchev–Trinajstić information content (AvgIpc) is 2.43. The van der Waals surface area contributed by atoms with E-state index in [1.165, 1.54) is 0 Å². The number of hydrogen-bond donors (Lipinski definition) is 3. The van der Waals surface area contributed by atoms with Crippen LogP contribution in [-0.4, -0.2) is 26.2 Å². The lowest BCUT2D eigenvalue weighted by Crippen LogP contribution is -2.37. The van der Waals surface area contributed by atoms with Gasteiger partial charge in [0.25, 0.3) is 0 Å². The van der Waals surface area contributed by atoms with Crippen molar-refractivity contribution in [2.45, 2.75) is 51.0 Å². The van der Waals surface area contributed by atoms with E-state index < -0.39 is 16.1 Å². The van der Waals surface area contributed by atoms with Crippen molar-refractivity contribution in [3.05, 3.63) is 23.3 Å². The number of nitrogen functional groups attached to an aromatic ring is 1. The molecule has 0 bridgehead atoms. The lowest BCUT2D eigenvalue weighted by Gasteiger charge is -2.18. The predicted octanol–water partition coefficient (Wildman–Crippen LogP) is 1.44. The van der Waals surface area contributed by atoms with Crippen molar-refractivity contribution >= 4 is 15.7 Å². The number of sulfonamides is 1. The van der Waals surface area contributed by atoms with E-state index in [0.29, 0.717) is 30.5 Å². The van der Waals surface area contributed by atoms with E-state index in [1.54, 1.807) is 6.07 Å². The number of aryl methyl sites for hydroxylation is 1. The summed E-state index contributed by atoms with van der Waals surface area (Å²) in [4.78, 5) is 0.226. The van der Waals surface area contributed by atoms with Crippen molar-refractivity contribution in [3.63, 3.8) is 0 Å². The Balaban J connectivity index is 3.32. The first-order valence-electron chi connectivity index (χ1n) is 6.93. The van der Waals surface area contributed by atoms with Crippen LogP contribution in [0.2, 0.25) is 0 Å². The summed E-state index contributed by atoms with van der Waals surface area (Å²) >= 11 is 0. The molecule has 0 aliphatic heterocycles. The lowest BCUT2D eigenvalue weighted by atomic mass is 10.1. The SMILES string of the molecule is CCc1cc(N)c(CC)c(S(=O)(=O)N[C@H](CC)CO)c1. The van der Waals surface area contributed by atoms with Crippen LogP contribution >= 0.6 is 0 Å². The van der Waals surface area contributed by atoms with Crippen molar-refractivity contribution in [2.75, 3.05) is 12.3 Å². The fourth-order valence-corrected chi connectivity index (χ4v) is 3.78. The van der Waals surface area contributed by atoms with Crippen molar-refractivity contribution < 1.29 is 13.5 Å². The Morgan fingerprint density at radius 3 is 2.35 bits per heavy atom. The van der Waals surface area contributed by atoms with Crippen LogP contribution in [0.15, 0.2) is 17.0 Å². The highest BCUT2D eigenvalue weighted by atomic mass is 32.2. The van der Waals surface area contributed by atoms with E-state index in [4.69, 9.17) is 10.8 Å². The largest absolute Gasteiger partial charge is 0.398 e. The maximum absolute atomic E-state index is 12.5. The quantitative estimate of drug-likeness (QED) is 0.664. The molecule has 0 spiro atoms. The highest BCUT2D eigenvalue weighted by Crippen LogP contribution is 2.25. The molecule has 6 heteroatoms. The molecule has 1 rings (SSSR count). The minimum atomic E-state index is -3.67. The van der Waals surface area contributed by atoms with Gasteiger partial charge in [0, 0.05) is 11.7 Å². The summed E-state index contributed by atoms with van der Waals surface area (Å²) < 4.78 is 27.5. The van der Waals surface area contributed by atoms with E-state index in [2.05, 4.69) is 4.72 Å². The molecule has 4 N–H and O–H groups in total. The van der Waals surface area contributed by atoms with Crippen molar-refractivity contribution in [1.29, 1.82) is 0 Å². The second-order valence-electron chi connectivity index (χ2n) is 4.78. The van der Waals surface area contributed by atoms with Gasteiger partial charge in [-0.05, 0) is 42.5 Å². The van der Waals surface area contributed by atoms with E-state index in [0.717, 1.165) is 5.56 Å². The summed E-state index contributed by atoms with van der Waals surface area (Å²) in [6.07, 6.45) is 1.79. The second-order valence-corrected chi connectivity index (χ2v) is 6.46. The molecular weight excluding hydrogens is 276 g/mol. The lowest BCUT2D eigenvalue weighted by molar-refractivity contribution is 0.254. The van der Waals surface area contributed by atoms with Gasteiger partial charge in [-0.15, -0.1) is 0 Å². The molecule has 0 heterocycles. The number of nitrogens with one attached hydrogen (secondary N) is 1. The summed E-state index contributed by atoms with van der Waals surface area (Å²) in [6.45, 7) is 5.42. The first kappa shape index (κ1) is 16.9. The zero-order valence-corrected chi connectivity index (χ0v) is 13.1. The monoisotopic (exact) mass is 300 g/mol. The molecule has 1 aromatic rings. The maximum atomic E-state index is 12.5. The Labute approximate surface area is 121 Å². The standard InChI is InChI=1S/C14H24N2O3S/c1-4-10-7-13(15)12(6-3)14(8-10)20(18,19)16-11(5-2)9-17/h7-8,11,16-17H,4-6,9,15H2,1-3H3/t11-/m1/s1. The number of nitrogens with two attached hydrogens (primary N) is 1. The molecule has 20 heavy (non-hydrogen) atoms. The Bertz CT molecular complexity index is 552. The Hall–Kier alpha value is -1.11. The molecule has 1 atom stereocenters. The smallest absolute Gasteiger partial charge is 0.241 e. The Kier molecular flexibility index (Phi) is 5.98. The molecule has 0 aromatic heterocycles. The summed E-state index contributed by atoms with van der Waals surface area (Å²) in [5, 5.41) is 9.17. The second kappa shape index (κ2) is 7.06. The van der Waals surface area contributed by atoms with Gasteiger partial charge >= 0.3 is 0 Å². The topological polar surface area (TPSA) is 92.4 Å². The van der Waals surface area contributed by atoms with Gasteiger partial charge in [0.15, 0.2) is 0 Å². The van der Waals surface area contributed by atoms with Crippen LogP contribution in [0.4, 0.5) is 5.69 Å². The van der Waals surface area contributed by atoms with Crippen molar-refractivity contribution in [1.82, 2.24) is 4.72 Å². The summed E-state index contributed by atoms with van der Waals surface area (Å²) in [5.41, 5.74) is 7.98. The highest BCUT2D eigenvalue weighted by Gasteiger charge is 2.23. The van der Waals surface area contributed by atoms with Gasteiger partial charge in [0.2, 0.25) is 10.0 Å². The van der Waals surface area contributed by atoms with Crippen molar-refractivity contribution in [3.8, 4) is 0 Å². The Morgan fingerprint density at radius 2 is 1.90 bits per heavy atom. The average molecular weight is 300 g/mol. The number of aliphatic hydroxyl groups is 1. The van der Waals surface area contributed by atoms with Crippen LogP contribution in [0, 0.1) is 0 Å². The van der Waals surface area contributed by atoms with Crippen LogP contribution in [0.3, 0.4) is 0 Å². The molecule has 1 aromatic carbocycles. The van der Waals surface area contributed by atoms with Crippen LogP contribution in [-0.2, 0) is 22.9 Å². The van der Waals surface area contributed by atoms with Gasteiger partial charge in [-0.1, -0.05) is 20.8 Å². The summed E-state index contributed by atoms with van der Waals surface area (Å²) in [5.74, 6) is 0. The predicted molar refractivity (Wildman–Crippen MR) is 81.1 cm³/mol. The minimum Gasteiger partial charge on any atom is -0.398 e. The highest BCUT2D eigenvalue weighted by molar-refractivity contribution is 7.89. The zero-order valence-electron chi connectivity index (χ0n) is 12.3. The van der Waals surface area contributed by atoms with Crippen LogP contribution in [0.1, 0.15) is 38.3 Å². The molecule has 114 valence electrons. The van der Waals surface area contributed by atoms with Crippen LogP contribution < -0.4 is 10.5 Å². The van der Waals surface area contributed by atoms with Gasteiger partial charge < -0.3 is 10.8 Å². The van der Waals surface area contributed by atoms with Crippen LogP contribution in [0.25, 0.3) is 0 Å². The van der Waals surface area contributed by atoms with Gasteiger partial charge in [-0.3, -0.25) is 0 Å². The third-order valence-electron chi connectivity index (χ3n) is 3.39. The molecule has 0 aliphatic rings. The number of anilines is 1. The molecule has 0 saturated heterocycles. The minimum absolute atomic E-state index is 0.222. The van der Waals surface area contributed by atoms with Gasteiger partial charge in [0.1, 0.15) is 0 Å². The third-order valence-corrected chi connectivity index (χ3v) is 4.98. The van der Waals surface area contributed by atoms with E-state index in [1.807, 2.05) is 26.8 Å². The fraction of sp³-hybridized carbons (Fsp3) is 0.571. The fourth-order valence-electron chi connectivity index (χ4n) is 2.08. The third kappa shape index (κ3) is 3.71. The normalized spacial score (nSPS) is 13.4. The molecule has 0 saturated carbocycles. The number of hydrogen-bond acceptors (Lipinski definition) is 4.